The molecule has 5 heteroatoms. The van der Waals surface area contributed by atoms with Gasteiger partial charge in [0, 0.05) is 23.4 Å². The summed E-state index contributed by atoms with van der Waals surface area (Å²) in [6, 6.07) is 15.7. The number of carbonyl (C=O) groups is 1. The van der Waals surface area contributed by atoms with Crippen LogP contribution in [-0.2, 0) is 6.42 Å². The molecule has 28 heavy (non-hydrogen) atoms. The molecule has 0 aliphatic carbocycles. The van der Waals surface area contributed by atoms with Crippen LogP contribution in [0.3, 0.4) is 0 Å². The lowest BCUT2D eigenvalue weighted by Gasteiger charge is -2.37. The summed E-state index contributed by atoms with van der Waals surface area (Å²) >= 11 is 6.22. The molecule has 0 amide bonds. The number of fused-ring (bicyclic) bond motifs is 1. The summed E-state index contributed by atoms with van der Waals surface area (Å²) in [4.78, 5) is 24.5. The Labute approximate surface area is 170 Å². The van der Waals surface area contributed by atoms with Crippen molar-refractivity contribution in [1.29, 1.82) is 0 Å². The minimum absolute atomic E-state index is 0.182. The topological polar surface area (TPSA) is 46.1 Å². The fourth-order valence-electron chi connectivity index (χ4n) is 3.82. The molecule has 0 radical (unpaired) electrons. The van der Waals surface area contributed by atoms with Crippen LogP contribution in [0.4, 0.5) is 5.82 Å². The molecule has 1 aliphatic heterocycles. The van der Waals surface area contributed by atoms with Gasteiger partial charge in [-0.3, -0.25) is 4.79 Å². The zero-order valence-corrected chi connectivity index (χ0v) is 17.0. The maximum atomic E-state index is 13.0. The molecule has 2 heterocycles. The molecule has 0 saturated carbocycles. The fraction of sp³-hybridized carbons (Fsp3) is 0.261. The second kappa shape index (κ2) is 7.36. The van der Waals surface area contributed by atoms with Crippen LogP contribution < -0.4 is 4.90 Å². The van der Waals surface area contributed by atoms with Crippen molar-refractivity contribution in [2.45, 2.75) is 33.2 Å². The van der Waals surface area contributed by atoms with Crippen molar-refractivity contribution in [3.05, 3.63) is 87.3 Å². The number of nitrogens with zero attached hydrogens (tertiary/aromatic N) is 3. The number of aryl methyl sites for hydroxylation is 1. The Morgan fingerprint density at radius 1 is 1.07 bits per heavy atom. The number of halogens is 1. The van der Waals surface area contributed by atoms with E-state index in [9.17, 15) is 4.79 Å². The molecule has 1 aliphatic rings. The monoisotopic (exact) mass is 391 g/mol. The molecule has 0 N–H and O–H groups in total. The van der Waals surface area contributed by atoms with Crippen molar-refractivity contribution >= 4 is 23.2 Å². The second-order valence-corrected chi connectivity index (χ2v) is 7.62. The zero-order valence-electron chi connectivity index (χ0n) is 16.2. The molecule has 4 nitrogen and oxygen atoms in total. The predicted molar refractivity (Wildman–Crippen MR) is 112 cm³/mol. The van der Waals surface area contributed by atoms with Gasteiger partial charge in [-0.15, -0.1) is 0 Å². The maximum absolute atomic E-state index is 13.0. The molecular formula is C23H22ClN3O. The first-order chi connectivity index (χ1) is 13.5. The highest BCUT2D eigenvalue weighted by molar-refractivity contribution is 6.34. The largest absolute Gasteiger partial charge is 0.349 e. The van der Waals surface area contributed by atoms with Crippen LogP contribution in [0.25, 0.3) is 0 Å². The van der Waals surface area contributed by atoms with Gasteiger partial charge in [0.1, 0.15) is 5.82 Å². The maximum Gasteiger partial charge on any atom is 0.231 e. The van der Waals surface area contributed by atoms with Gasteiger partial charge in [-0.2, -0.15) is 0 Å². The van der Waals surface area contributed by atoms with Gasteiger partial charge in [-0.05, 0) is 50.5 Å². The Balaban J connectivity index is 1.77. The number of hydrogen-bond donors (Lipinski definition) is 0. The number of carbonyl (C=O) groups excluding carboxylic acids is 1. The van der Waals surface area contributed by atoms with Gasteiger partial charge in [0.25, 0.3) is 0 Å². The molecular weight excluding hydrogens is 370 g/mol. The van der Waals surface area contributed by atoms with Crippen molar-refractivity contribution in [1.82, 2.24) is 9.97 Å². The van der Waals surface area contributed by atoms with Gasteiger partial charge in [0.2, 0.25) is 11.6 Å². The molecule has 1 atom stereocenters. The van der Waals surface area contributed by atoms with Crippen molar-refractivity contribution in [3.63, 3.8) is 0 Å². The summed E-state index contributed by atoms with van der Waals surface area (Å²) < 4.78 is 0. The lowest BCUT2D eigenvalue weighted by Crippen LogP contribution is -2.35. The number of ketones is 1. The molecule has 1 unspecified atom stereocenters. The lowest BCUT2D eigenvalue weighted by molar-refractivity contribution is 0.102. The summed E-state index contributed by atoms with van der Waals surface area (Å²) in [5.74, 6) is 0.766. The van der Waals surface area contributed by atoms with E-state index in [0.29, 0.717) is 10.6 Å². The summed E-state index contributed by atoms with van der Waals surface area (Å²) in [5.41, 5.74) is 4.93. The molecule has 1 aromatic heterocycles. The first-order valence-electron chi connectivity index (χ1n) is 9.46. The summed E-state index contributed by atoms with van der Waals surface area (Å²) in [6.45, 7) is 6.98. The minimum Gasteiger partial charge on any atom is -0.349 e. The molecule has 4 rings (SSSR count). The fourth-order valence-corrected chi connectivity index (χ4v) is 4.04. The summed E-state index contributed by atoms with van der Waals surface area (Å²) in [6.07, 6.45) is 0.955. The van der Waals surface area contributed by atoms with Crippen molar-refractivity contribution in [2.75, 3.05) is 11.4 Å². The van der Waals surface area contributed by atoms with Gasteiger partial charge >= 0.3 is 0 Å². The Bertz CT molecular complexity index is 1060. The van der Waals surface area contributed by atoms with E-state index in [1.807, 2.05) is 13.8 Å². The quantitative estimate of drug-likeness (QED) is 0.582. The molecule has 0 fully saturated rings. The van der Waals surface area contributed by atoms with Crippen LogP contribution in [0.1, 0.15) is 51.5 Å². The SMILES string of the molecule is Cc1nc(C(=O)c2ccccc2Cl)nc(N2CCc3ccccc3C2C)c1C. The highest BCUT2D eigenvalue weighted by Crippen LogP contribution is 2.34. The van der Waals surface area contributed by atoms with Crippen LogP contribution >= 0.6 is 11.6 Å². The molecule has 0 spiro atoms. The Morgan fingerprint density at radius 3 is 2.57 bits per heavy atom. The van der Waals surface area contributed by atoms with E-state index in [4.69, 9.17) is 16.6 Å². The molecule has 0 saturated heterocycles. The first-order valence-corrected chi connectivity index (χ1v) is 9.84. The predicted octanol–water partition coefficient (Wildman–Crippen LogP) is 5.10. The van der Waals surface area contributed by atoms with E-state index in [0.717, 1.165) is 30.0 Å². The van der Waals surface area contributed by atoms with Gasteiger partial charge in [0.15, 0.2) is 0 Å². The van der Waals surface area contributed by atoms with E-state index < -0.39 is 0 Å². The molecule has 3 aromatic rings. The van der Waals surface area contributed by atoms with Crippen molar-refractivity contribution in [2.24, 2.45) is 0 Å². The van der Waals surface area contributed by atoms with Gasteiger partial charge in [-0.25, -0.2) is 9.97 Å². The summed E-state index contributed by atoms with van der Waals surface area (Å²) in [5, 5.41) is 0.413. The van der Waals surface area contributed by atoms with Gasteiger partial charge in [-0.1, -0.05) is 48.0 Å². The Kier molecular flexibility index (Phi) is 4.90. The molecule has 0 bridgehead atoms. The Morgan fingerprint density at radius 2 is 1.79 bits per heavy atom. The zero-order chi connectivity index (χ0) is 19.8. The van der Waals surface area contributed by atoms with Crippen molar-refractivity contribution < 1.29 is 4.79 Å². The van der Waals surface area contributed by atoms with Crippen LogP contribution in [0.2, 0.25) is 5.02 Å². The van der Waals surface area contributed by atoms with E-state index in [1.165, 1.54) is 11.1 Å². The first kappa shape index (κ1) is 18.6. The van der Waals surface area contributed by atoms with E-state index in [2.05, 4.69) is 41.1 Å². The minimum atomic E-state index is -0.250. The van der Waals surface area contributed by atoms with Gasteiger partial charge < -0.3 is 4.90 Å². The third-order valence-corrected chi connectivity index (χ3v) is 5.88. The third-order valence-electron chi connectivity index (χ3n) is 5.55. The molecule has 2 aromatic carbocycles. The molecule has 142 valence electrons. The van der Waals surface area contributed by atoms with E-state index in [-0.39, 0.29) is 17.6 Å². The number of aromatic nitrogens is 2. The highest BCUT2D eigenvalue weighted by atomic mass is 35.5. The number of hydrogen-bond acceptors (Lipinski definition) is 4. The summed E-state index contributed by atoms with van der Waals surface area (Å²) in [7, 11) is 0. The van der Waals surface area contributed by atoms with Crippen LogP contribution in [0.15, 0.2) is 48.5 Å². The van der Waals surface area contributed by atoms with E-state index >= 15 is 0 Å². The highest BCUT2D eigenvalue weighted by Gasteiger charge is 2.28. The van der Waals surface area contributed by atoms with Crippen LogP contribution in [-0.4, -0.2) is 22.3 Å². The van der Waals surface area contributed by atoms with E-state index in [1.54, 1.807) is 24.3 Å². The van der Waals surface area contributed by atoms with Crippen LogP contribution in [0, 0.1) is 13.8 Å². The third kappa shape index (κ3) is 3.18. The average molecular weight is 392 g/mol. The van der Waals surface area contributed by atoms with Crippen LogP contribution in [0.5, 0.6) is 0 Å². The number of benzene rings is 2. The Hall–Kier alpha value is -2.72. The number of anilines is 1. The van der Waals surface area contributed by atoms with Crippen molar-refractivity contribution in [3.8, 4) is 0 Å². The number of rotatable bonds is 3. The normalized spacial score (nSPS) is 16.0. The lowest BCUT2D eigenvalue weighted by atomic mass is 9.93. The smallest absolute Gasteiger partial charge is 0.231 e. The average Bonchev–Trinajstić information content (AvgIpc) is 2.71. The standard InChI is InChI=1S/C23H22ClN3O/c1-14-15(2)25-22(21(28)19-10-6-7-11-20(19)24)26-23(14)27-13-12-17-8-4-5-9-18(17)16(27)3/h4-11,16H,12-13H2,1-3H3. The second-order valence-electron chi connectivity index (χ2n) is 7.21. The van der Waals surface area contributed by atoms with Gasteiger partial charge in [0.05, 0.1) is 11.1 Å².